The maximum Gasteiger partial charge on any atom is 0.307 e. The number of anilines is 1. The molecule has 0 amide bonds. The molecule has 31 heavy (non-hydrogen) atoms. The number of hydrogen-bond donors (Lipinski definition) is 2. The molecule has 0 fully saturated rings. The van der Waals surface area contributed by atoms with E-state index in [2.05, 4.69) is 30.8 Å². The summed E-state index contributed by atoms with van der Waals surface area (Å²) in [5.41, 5.74) is 12.2. The van der Waals surface area contributed by atoms with Crippen LogP contribution in [0.5, 0.6) is 0 Å². The van der Waals surface area contributed by atoms with Gasteiger partial charge in [0.15, 0.2) is 5.58 Å². The molecule has 0 aliphatic carbocycles. The number of hydrogen-bond acceptors (Lipinski definition) is 5. The lowest BCUT2D eigenvalue weighted by molar-refractivity contribution is -0.136. The highest BCUT2D eigenvalue weighted by atomic mass is 16.5. The number of carbonyl (C=O) groups is 1. The zero-order valence-electron chi connectivity index (χ0n) is 18.1. The van der Waals surface area contributed by atoms with E-state index in [1.165, 1.54) is 6.08 Å². The van der Waals surface area contributed by atoms with Crippen molar-refractivity contribution in [3.8, 4) is 11.1 Å². The number of furan rings is 1. The fourth-order valence-corrected chi connectivity index (χ4v) is 3.48. The number of nitrogens with two attached hydrogens (primary N) is 1. The molecule has 0 unspecified atom stereocenters. The van der Waals surface area contributed by atoms with Gasteiger partial charge in [-0.1, -0.05) is 24.8 Å². The molecule has 0 radical (unpaired) electrons. The Balaban J connectivity index is 2.03. The minimum atomic E-state index is -0.908. The van der Waals surface area contributed by atoms with Crippen molar-refractivity contribution < 1.29 is 19.1 Å². The molecule has 162 valence electrons. The van der Waals surface area contributed by atoms with Gasteiger partial charge in [0.05, 0.1) is 18.4 Å². The number of nitrogens with zero attached hydrogens (tertiary/aromatic N) is 1. The monoisotopic (exact) mass is 420 g/mol. The van der Waals surface area contributed by atoms with Crippen LogP contribution in [0.2, 0.25) is 0 Å². The SMILES string of the molecule is C=C/C(OCc1coc2c(N(C)C)cc(-c3cccc(CN)c3)cc12)=C(\C)CC(=O)O. The van der Waals surface area contributed by atoms with Crippen LogP contribution in [0.3, 0.4) is 0 Å². The summed E-state index contributed by atoms with van der Waals surface area (Å²) in [7, 11) is 3.95. The molecule has 0 aliphatic heterocycles. The Hall–Kier alpha value is -3.51. The largest absolute Gasteiger partial charge is 0.489 e. The predicted molar refractivity (Wildman–Crippen MR) is 124 cm³/mol. The van der Waals surface area contributed by atoms with Gasteiger partial charge < -0.3 is 24.9 Å². The quantitative estimate of drug-likeness (QED) is 0.371. The molecule has 3 N–H and O–H groups in total. The third-order valence-corrected chi connectivity index (χ3v) is 5.12. The summed E-state index contributed by atoms with van der Waals surface area (Å²) >= 11 is 0. The minimum absolute atomic E-state index is 0.0973. The first-order valence-electron chi connectivity index (χ1n) is 10.0. The van der Waals surface area contributed by atoms with Gasteiger partial charge in [-0.3, -0.25) is 4.79 Å². The summed E-state index contributed by atoms with van der Waals surface area (Å²) in [6.45, 7) is 6.19. The molecule has 0 aliphatic rings. The van der Waals surface area contributed by atoms with Crippen molar-refractivity contribution in [3.63, 3.8) is 0 Å². The first-order chi connectivity index (χ1) is 14.8. The fraction of sp³-hybridized carbons (Fsp3) is 0.240. The van der Waals surface area contributed by atoms with E-state index in [9.17, 15) is 4.79 Å². The Morgan fingerprint density at radius 2 is 2.03 bits per heavy atom. The summed E-state index contributed by atoms with van der Waals surface area (Å²) < 4.78 is 11.8. The highest BCUT2D eigenvalue weighted by Crippen LogP contribution is 2.36. The third kappa shape index (κ3) is 4.98. The average molecular weight is 421 g/mol. The van der Waals surface area contributed by atoms with Gasteiger partial charge in [0.2, 0.25) is 0 Å². The molecule has 1 aromatic heterocycles. The second-order valence-electron chi connectivity index (χ2n) is 7.64. The van der Waals surface area contributed by atoms with Crippen LogP contribution < -0.4 is 10.6 Å². The lowest BCUT2D eigenvalue weighted by Crippen LogP contribution is -2.09. The molecule has 6 nitrogen and oxygen atoms in total. The van der Waals surface area contributed by atoms with E-state index in [-0.39, 0.29) is 13.0 Å². The molecule has 0 saturated carbocycles. The van der Waals surface area contributed by atoms with Crippen molar-refractivity contribution in [2.75, 3.05) is 19.0 Å². The van der Waals surface area contributed by atoms with Gasteiger partial charge in [-0.25, -0.2) is 0 Å². The number of benzene rings is 2. The second kappa shape index (κ2) is 9.53. The minimum Gasteiger partial charge on any atom is -0.489 e. The van der Waals surface area contributed by atoms with E-state index in [0.29, 0.717) is 17.9 Å². The smallest absolute Gasteiger partial charge is 0.307 e. The Labute approximate surface area is 182 Å². The van der Waals surface area contributed by atoms with Gasteiger partial charge >= 0.3 is 5.97 Å². The standard InChI is InChI=1S/C25H28N2O4/c1-5-23(16(2)9-24(28)29)30-14-20-15-31-25-21(20)11-19(12-22(25)27(3)4)18-8-6-7-17(10-18)13-26/h5-8,10-12,15H,1,9,13-14,26H2,2-4H3,(H,28,29)/b23-16-. The topological polar surface area (TPSA) is 88.9 Å². The van der Waals surface area contributed by atoms with Crippen molar-refractivity contribution in [2.24, 2.45) is 5.73 Å². The van der Waals surface area contributed by atoms with Crippen molar-refractivity contribution in [3.05, 3.63) is 77.8 Å². The zero-order chi connectivity index (χ0) is 22.5. The van der Waals surface area contributed by atoms with E-state index >= 15 is 0 Å². The predicted octanol–water partition coefficient (Wildman–Crippen LogP) is 5.08. The molecule has 0 bridgehead atoms. The van der Waals surface area contributed by atoms with E-state index in [4.69, 9.17) is 20.0 Å². The van der Waals surface area contributed by atoms with E-state index in [0.717, 1.165) is 38.9 Å². The van der Waals surface area contributed by atoms with E-state index < -0.39 is 5.97 Å². The summed E-state index contributed by atoms with van der Waals surface area (Å²) in [4.78, 5) is 13.0. The number of carboxylic acids is 1. The Morgan fingerprint density at radius 3 is 2.68 bits per heavy atom. The number of fused-ring (bicyclic) bond motifs is 1. The van der Waals surface area contributed by atoms with Crippen molar-refractivity contribution in [1.82, 2.24) is 0 Å². The first-order valence-corrected chi connectivity index (χ1v) is 10.0. The summed E-state index contributed by atoms with van der Waals surface area (Å²) in [6, 6.07) is 12.3. The number of carboxylic acid groups (broad SMARTS) is 1. The van der Waals surface area contributed by atoms with Crippen molar-refractivity contribution in [1.29, 1.82) is 0 Å². The lowest BCUT2D eigenvalue weighted by atomic mass is 9.99. The zero-order valence-corrected chi connectivity index (χ0v) is 18.1. The molecular weight excluding hydrogens is 392 g/mol. The highest BCUT2D eigenvalue weighted by Gasteiger charge is 2.16. The van der Waals surface area contributed by atoms with Gasteiger partial charge in [-0.05, 0) is 53.5 Å². The van der Waals surface area contributed by atoms with Crippen LogP contribution >= 0.6 is 0 Å². The Kier molecular flexibility index (Phi) is 6.82. The molecule has 3 rings (SSSR count). The van der Waals surface area contributed by atoms with Gasteiger partial charge in [0.1, 0.15) is 12.4 Å². The maximum absolute atomic E-state index is 11.0. The molecule has 2 aromatic carbocycles. The molecule has 3 aromatic rings. The fourth-order valence-electron chi connectivity index (χ4n) is 3.48. The Bertz CT molecular complexity index is 1140. The van der Waals surface area contributed by atoms with Crippen LogP contribution in [0, 0.1) is 0 Å². The summed E-state index contributed by atoms with van der Waals surface area (Å²) in [5, 5.41) is 9.97. The van der Waals surface area contributed by atoms with E-state index in [1.54, 1.807) is 13.2 Å². The van der Waals surface area contributed by atoms with Crippen LogP contribution in [0.25, 0.3) is 22.1 Å². The number of allylic oxidation sites excluding steroid dienone is 1. The van der Waals surface area contributed by atoms with Gasteiger partial charge in [0, 0.05) is 31.6 Å². The third-order valence-electron chi connectivity index (χ3n) is 5.12. The molecule has 1 heterocycles. The number of aliphatic carboxylic acids is 1. The molecule has 0 atom stereocenters. The van der Waals surface area contributed by atoms with Gasteiger partial charge in [-0.2, -0.15) is 0 Å². The average Bonchev–Trinajstić information content (AvgIpc) is 3.15. The number of ether oxygens (including phenoxy) is 1. The van der Waals surface area contributed by atoms with Gasteiger partial charge in [-0.15, -0.1) is 0 Å². The second-order valence-corrected chi connectivity index (χ2v) is 7.64. The van der Waals surface area contributed by atoms with Crippen LogP contribution in [0.15, 0.2) is 71.1 Å². The molecule has 0 spiro atoms. The highest BCUT2D eigenvalue weighted by molar-refractivity contribution is 5.96. The summed E-state index contributed by atoms with van der Waals surface area (Å²) in [6.07, 6.45) is 3.13. The van der Waals surface area contributed by atoms with Crippen LogP contribution in [0.1, 0.15) is 24.5 Å². The lowest BCUT2D eigenvalue weighted by Gasteiger charge is -2.15. The Morgan fingerprint density at radius 1 is 1.26 bits per heavy atom. The molecule has 0 saturated heterocycles. The molecule has 6 heteroatoms. The van der Waals surface area contributed by atoms with Crippen LogP contribution in [0.4, 0.5) is 5.69 Å². The maximum atomic E-state index is 11.0. The first kappa shape index (κ1) is 22.2. The van der Waals surface area contributed by atoms with Crippen LogP contribution in [-0.4, -0.2) is 25.2 Å². The number of rotatable bonds is 9. The van der Waals surface area contributed by atoms with E-state index in [1.807, 2.05) is 31.1 Å². The molecular formula is C25H28N2O4. The summed E-state index contributed by atoms with van der Waals surface area (Å²) in [5.74, 6) is -0.439. The van der Waals surface area contributed by atoms with Gasteiger partial charge in [0.25, 0.3) is 0 Å². The van der Waals surface area contributed by atoms with Crippen molar-refractivity contribution >= 4 is 22.6 Å². The van der Waals surface area contributed by atoms with Crippen molar-refractivity contribution in [2.45, 2.75) is 26.5 Å². The van der Waals surface area contributed by atoms with Crippen LogP contribution in [-0.2, 0) is 22.7 Å². The normalized spacial score (nSPS) is 11.9.